The van der Waals surface area contributed by atoms with Crippen LogP contribution in [0.2, 0.25) is 0 Å². The zero-order valence-corrected chi connectivity index (χ0v) is 14.1. The molecule has 0 fully saturated rings. The topological polar surface area (TPSA) is 105 Å². The Hall–Kier alpha value is -2.25. The second-order valence-corrected chi connectivity index (χ2v) is 7.19. The first-order valence-electron chi connectivity index (χ1n) is 6.88. The lowest BCUT2D eigenvalue weighted by molar-refractivity contribution is 0.356. The zero-order chi connectivity index (χ0) is 17.2. The maximum Gasteiger partial charge on any atom is 0.198 e. The molecule has 1 unspecified atom stereocenters. The zero-order valence-electron chi connectivity index (χ0n) is 13.2. The molecular weight excluding hydrogens is 316 g/mol. The van der Waals surface area contributed by atoms with Gasteiger partial charge in [0.2, 0.25) is 0 Å². The number of sulfone groups is 1. The van der Waals surface area contributed by atoms with Gasteiger partial charge in [-0.3, -0.25) is 0 Å². The summed E-state index contributed by atoms with van der Waals surface area (Å²) in [5, 5.41) is -1.26. The Balaban J connectivity index is 2.49. The van der Waals surface area contributed by atoms with Gasteiger partial charge in [0.25, 0.3) is 0 Å². The summed E-state index contributed by atoms with van der Waals surface area (Å²) in [5.74, 6) is 0.674. The van der Waals surface area contributed by atoms with Gasteiger partial charge in [-0.05, 0) is 36.8 Å². The Kier molecular flexibility index (Phi) is 4.82. The van der Waals surface area contributed by atoms with Crippen LogP contribution in [0.25, 0.3) is 0 Å². The first-order valence-corrected chi connectivity index (χ1v) is 8.43. The van der Waals surface area contributed by atoms with Crippen LogP contribution in [0.1, 0.15) is 16.5 Å². The van der Waals surface area contributed by atoms with Crippen LogP contribution in [0.3, 0.4) is 0 Å². The predicted octanol–water partition coefficient (Wildman–Crippen LogP) is 2.03. The minimum atomic E-state index is -3.74. The Morgan fingerprint density at radius 1 is 1.04 bits per heavy atom. The van der Waals surface area contributed by atoms with Gasteiger partial charge in [0.05, 0.1) is 24.8 Å². The number of rotatable bonds is 5. The molecule has 2 aromatic carbocycles. The SMILES string of the molecule is COc1cc(C(N)S(=O)(=O)c2ccc(C)cc2)cc(N)c1OC. The molecule has 0 aliphatic rings. The van der Waals surface area contributed by atoms with Gasteiger partial charge in [0, 0.05) is 0 Å². The maximum atomic E-state index is 12.7. The normalized spacial score (nSPS) is 12.7. The Labute approximate surface area is 135 Å². The van der Waals surface area contributed by atoms with E-state index in [9.17, 15) is 8.42 Å². The molecule has 1 atom stereocenters. The standard InChI is InChI=1S/C16H20N2O4S/c1-10-4-6-12(7-5-10)23(19,20)16(18)11-8-13(17)15(22-3)14(9-11)21-2/h4-9,16H,17-18H2,1-3H3. The van der Waals surface area contributed by atoms with E-state index in [1.54, 1.807) is 12.1 Å². The molecule has 0 heterocycles. The van der Waals surface area contributed by atoms with Crippen LogP contribution < -0.4 is 20.9 Å². The molecule has 2 aromatic rings. The van der Waals surface area contributed by atoms with Gasteiger partial charge in [0.1, 0.15) is 5.37 Å². The molecule has 2 rings (SSSR count). The van der Waals surface area contributed by atoms with E-state index in [2.05, 4.69) is 0 Å². The molecule has 0 radical (unpaired) electrons. The highest BCUT2D eigenvalue weighted by atomic mass is 32.2. The molecule has 7 heteroatoms. The summed E-state index contributed by atoms with van der Waals surface area (Å²) < 4.78 is 35.7. The third-order valence-electron chi connectivity index (χ3n) is 3.54. The highest BCUT2D eigenvalue weighted by Gasteiger charge is 2.27. The van der Waals surface area contributed by atoms with Gasteiger partial charge in [-0.2, -0.15) is 0 Å². The fourth-order valence-corrected chi connectivity index (χ4v) is 3.54. The van der Waals surface area contributed by atoms with E-state index in [1.165, 1.54) is 38.5 Å². The lowest BCUT2D eigenvalue weighted by atomic mass is 10.1. The largest absolute Gasteiger partial charge is 0.493 e. The van der Waals surface area contributed by atoms with Crippen molar-refractivity contribution in [2.45, 2.75) is 17.2 Å². The smallest absolute Gasteiger partial charge is 0.198 e. The Morgan fingerprint density at radius 2 is 1.65 bits per heavy atom. The van der Waals surface area contributed by atoms with Crippen molar-refractivity contribution >= 4 is 15.5 Å². The van der Waals surface area contributed by atoms with Crippen molar-refractivity contribution in [1.29, 1.82) is 0 Å². The summed E-state index contributed by atoms with van der Waals surface area (Å²) in [5.41, 5.74) is 13.4. The van der Waals surface area contributed by atoms with Gasteiger partial charge in [-0.15, -0.1) is 0 Å². The molecule has 124 valence electrons. The van der Waals surface area contributed by atoms with Crippen molar-refractivity contribution in [3.8, 4) is 11.5 Å². The van der Waals surface area contributed by atoms with Crippen molar-refractivity contribution in [3.63, 3.8) is 0 Å². The summed E-state index contributed by atoms with van der Waals surface area (Å²) in [7, 11) is -0.844. The van der Waals surface area contributed by atoms with E-state index < -0.39 is 15.2 Å². The van der Waals surface area contributed by atoms with Crippen molar-refractivity contribution in [1.82, 2.24) is 0 Å². The first kappa shape index (κ1) is 17.1. The lowest BCUT2D eigenvalue weighted by Gasteiger charge is -2.17. The molecule has 0 spiro atoms. The monoisotopic (exact) mass is 336 g/mol. The third kappa shape index (κ3) is 3.25. The van der Waals surface area contributed by atoms with Crippen LogP contribution in [0, 0.1) is 6.92 Å². The quantitative estimate of drug-likeness (QED) is 0.810. The average Bonchev–Trinajstić information content (AvgIpc) is 2.53. The van der Waals surface area contributed by atoms with E-state index >= 15 is 0 Å². The summed E-state index contributed by atoms with van der Waals surface area (Å²) in [6.07, 6.45) is 0. The second-order valence-electron chi connectivity index (χ2n) is 5.12. The van der Waals surface area contributed by atoms with Crippen LogP contribution >= 0.6 is 0 Å². The molecule has 4 N–H and O–H groups in total. The molecule has 0 aliphatic heterocycles. The number of benzene rings is 2. The Morgan fingerprint density at radius 3 is 2.17 bits per heavy atom. The summed E-state index contributed by atoms with van der Waals surface area (Å²) in [6.45, 7) is 1.88. The molecule has 6 nitrogen and oxygen atoms in total. The van der Waals surface area contributed by atoms with E-state index in [4.69, 9.17) is 20.9 Å². The van der Waals surface area contributed by atoms with Crippen LogP contribution in [0.5, 0.6) is 11.5 Å². The van der Waals surface area contributed by atoms with Crippen molar-refractivity contribution < 1.29 is 17.9 Å². The van der Waals surface area contributed by atoms with Crippen molar-refractivity contribution in [2.24, 2.45) is 5.73 Å². The minimum Gasteiger partial charge on any atom is -0.493 e. The van der Waals surface area contributed by atoms with Crippen molar-refractivity contribution in [2.75, 3.05) is 20.0 Å². The molecule has 0 saturated heterocycles. The number of anilines is 1. The van der Waals surface area contributed by atoms with E-state index in [0.717, 1.165) is 5.56 Å². The molecular formula is C16H20N2O4S. The maximum absolute atomic E-state index is 12.7. The number of ether oxygens (including phenoxy) is 2. The highest BCUT2D eigenvalue weighted by Crippen LogP contribution is 2.37. The summed E-state index contributed by atoms with van der Waals surface area (Å²) >= 11 is 0. The number of hydrogen-bond donors (Lipinski definition) is 2. The van der Waals surface area contributed by atoms with E-state index in [1.807, 2.05) is 6.92 Å². The number of nitrogen functional groups attached to an aromatic ring is 1. The molecule has 0 bridgehead atoms. The summed E-state index contributed by atoms with van der Waals surface area (Å²) in [6, 6.07) is 9.53. The number of hydrogen-bond acceptors (Lipinski definition) is 6. The highest BCUT2D eigenvalue weighted by molar-refractivity contribution is 7.91. The van der Waals surface area contributed by atoms with Crippen LogP contribution in [-0.4, -0.2) is 22.6 Å². The van der Waals surface area contributed by atoms with Crippen molar-refractivity contribution in [3.05, 3.63) is 47.5 Å². The molecule has 0 aliphatic carbocycles. The van der Waals surface area contributed by atoms with Crippen LogP contribution in [0.4, 0.5) is 5.69 Å². The van der Waals surface area contributed by atoms with Gasteiger partial charge in [0.15, 0.2) is 21.3 Å². The third-order valence-corrected chi connectivity index (χ3v) is 5.41. The van der Waals surface area contributed by atoms with Gasteiger partial charge >= 0.3 is 0 Å². The molecule has 23 heavy (non-hydrogen) atoms. The second kappa shape index (κ2) is 6.47. The van der Waals surface area contributed by atoms with Crippen LogP contribution in [-0.2, 0) is 9.84 Å². The fourth-order valence-electron chi connectivity index (χ4n) is 2.23. The molecule has 0 aromatic heterocycles. The fraction of sp³-hybridized carbons (Fsp3) is 0.250. The first-order chi connectivity index (χ1) is 10.8. The Bertz CT molecular complexity index is 802. The summed E-state index contributed by atoms with van der Waals surface area (Å²) in [4.78, 5) is 0.156. The van der Waals surface area contributed by atoms with Crippen LogP contribution in [0.15, 0.2) is 41.3 Å². The predicted molar refractivity (Wildman–Crippen MR) is 89.3 cm³/mol. The minimum absolute atomic E-state index is 0.156. The van der Waals surface area contributed by atoms with Gasteiger partial charge in [-0.25, -0.2) is 8.42 Å². The van der Waals surface area contributed by atoms with E-state index in [0.29, 0.717) is 17.1 Å². The van der Waals surface area contributed by atoms with Gasteiger partial charge in [-0.1, -0.05) is 17.7 Å². The van der Waals surface area contributed by atoms with Gasteiger partial charge < -0.3 is 20.9 Å². The average molecular weight is 336 g/mol. The molecule has 0 saturated carbocycles. The number of nitrogens with two attached hydrogens (primary N) is 2. The van der Waals surface area contributed by atoms with E-state index in [-0.39, 0.29) is 10.6 Å². The number of aryl methyl sites for hydroxylation is 1. The number of methoxy groups -OCH3 is 2. The molecule has 0 amide bonds. The lowest BCUT2D eigenvalue weighted by Crippen LogP contribution is -2.22.